The van der Waals surface area contributed by atoms with E-state index < -0.39 is 0 Å². The van der Waals surface area contributed by atoms with Crippen LogP contribution < -0.4 is 16.4 Å². The molecule has 7 aromatic rings. The van der Waals surface area contributed by atoms with Crippen LogP contribution in [0.25, 0.3) is 33.4 Å². The third-order valence-electron chi connectivity index (χ3n) is 8.59. The van der Waals surface area contributed by atoms with Crippen molar-refractivity contribution in [3.8, 4) is 33.4 Å². The van der Waals surface area contributed by atoms with Gasteiger partial charge >= 0.3 is 0 Å². The van der Waals surface area contributed by atoms with E-state index in [-0.39, 0.29) is 6.17 Å². The number of para-hydroxylation sites is 1. The van der Waals surface area contributed by atoms with E-state index in [1.807, 2.05) is 42.6 Å². The molecule has 1 atom stereocenters. The summed E-state index contributed by atoms with van der Waals surface area (Å²) in [4.78, 5) is 5.00. The van der Waals surface area contributed by atoms with Gasteiger partial charge in [0.1, 0.15) is 6.17 Å². The number of nitrogens with two attached hydrogens (primary N) is 1. The summed E-state index contributed by atoms with van der Waals surface area (Å²) in [6.45, 7) is 0.695. The first-order valence-corrected chi connectivity index (χ1v) is 16.6. The van der Waals surface area contributed by atoms with E-state index in [1.54, 1.807) is 0 Å². The lowest BCUT2D eigenvalue weighted by atomic mass is 9.96. The molecule has 0 saturated carbocycles. The standard InChI is InChI=1S/C45H38N4/c46-43-28-25-39(30-42(43)36-16-6-2-7-17-36)41-21-10-11-22-44(41)49-40-26-23-33(24-27-40)31-47-45(37-18-8-3-9-19-37)48-32-34-13-12-20-38(29-34)35-14-4-1-5-15-35/h1-31,45,48-49H,32,46H2/t45-/m0/s1. The Balaban J connectivity index is 1.06. The number of anilines is 3. The summed E-state index contributed by atoms with van der Waals surface area (Å²) in [6, 6.07) is 62.8. The van der Waals surface area contributed by atoms with Crippen LogP contribution in [-0.2, 0) is 6.54 Å². The summed E-state index contributed by atoms with van der Waals surface area (Å²) in [5.74, 6) is 0. The molecule has 4 heteroatoms. The Kier molecular flexibility index (Phi) is 9.68. The van der Waals surface area contributed by atoms with Crippen molar-refractivity contribution in [2.45, 2.75) is 12.7 Å². The van der Waals surface area contributed by atoms with Gasteiger partial charge in [-0.05, 0) is 75.3 Å². The van der Waals surface area contributed by atoms with Gasteiger partial charge in [0.15, 0.2) is 0 Å². The van der Waals surface area contributed by atoms with Gasteiger partial charge in [-0.1, -0.05) is 146 Å². The van der Waals surface area contributed by atoms with Crippen molar-refractivity contribution in [3.05, 3.63) is 199 Å². The minimum absolute atomic E-state index is 0.188. The molecule has 0 radical (unpaired) electrons. The predicted octanol–water partition coefficient (Wildman–Crippen LogP) is 10.9. The molecule has 4 N–H and O–H groups in total. The van der Waals surface area contributed by atoms with Gasteiger partial charge in [-0.25, -0.2) is 0 Å². The lowest BCUT2D eigenvalue weighted by Crippen LogP contribution is -2.19. The maximum absolute atomic E-state index is 6.39. The maximum atomic E-state index is 6.39. The smallest absolute Gasteiger partial charge is 0.125 e. The molecule has 0 aliphatic carbocycles. The minimum Gasteiger partial charge on any atom is -0.398 e. The van der Waals surface area contributed by atoms with Crippen molar-refractivity contribution in [3.63, 3.8) is 0 Å². The molecule has 7 aromatic carbocycles. The number of nitrogen functional groups attached to an aromatic ring is 1. The number of benzene rings is 7. The first kappa shape index (κ1) is 31.4. The zero-order valence-electron chi connectivity index (χ0n) is 27.2. The molecule has 49 heavy (non-hydrogen) atoms. The maximum Gasteiger partial charge on any atom is 0.125 e. The quantitative estimate of drug-likeness (QED) is 0.0980. The van der Waals surface area contributed by atoms with Gasteiger partial charge in [0.2, 0.25) is 0 Å². The number of hydrogen-bond acceptors (Lipinski definition) is 4. The zero-order valence-corrected chi connectivity index (χ0v) is 27.2. The van der Waals surface area contributed by atoms with Crippen molar-refractivity contribution >= 4 is 23.3 Å². The molecule has 0 bridgehead atoms. The monoisotopic (exact) mass is 634 g/mol. The number of aliphatic imine (C=N–C) groups is 1. The Bertz CT molecular complexity index is 2140. The van der Waals surface area contributed by atoms with Gasteiger partial charge in [0, 0.05) is 40.9 Å². The third-order valence-corrected chi connectivity index (χ3v) is 8.59. The second-order valence-corrected chi connectivity index (χ2v) is 12.0. The Labute approximate surface area is 288 Å². The van der Waals surface area contributed by atoms with Crippen LogP contribution in [0, 0.1) is 0 Å². The SMILES string of the molecule is Nc1ccc(-c2ccccc2Nc2ccc(C=N[C@@H](NCc3cccc(-c4ccccc4)c3)c3ccccc3)cc2)cc1-c1ccccc1. The summed E-state index contributed by atoms with van der Waals surface area (Å²) in [5.41, 5.74) is 19.3. The zero-order chi connectivity index (χ0) is 33.3. The highest BCUT2D eigenvalue weighted by molar-refractivity contribution is 5.87. The number of nitrogens with one attached hydrogen (secondary N) is 2. The highest BCUT2D eigenvalue weighted by Crippen LogP contribution is 2.35. The van der Waals surface area contributed by atoms with E-state index in [9.17, 15) is 0 Å². The van der Waals surface area contributed by atoms with Crippen LogP contribution in [-0.4, -0.2) is 6.21 Å². The molecule has 0 aromatic heterocycles. The Hall–Kier alpha value is -6.23. The third kappa shape index (κ3) is 7.84. The summed E-state index contributed by atoms with van der Waals surface area (Å²) in [7, 11) is 0. The Morgan fingerprint density at radius 3 is 1.94 bits per heavy atom. The van der Waals surface area contributed by atoms with E-state index in [4.69, 9.17) is 10.7 Å². The van der Waals surface area contributed by atoms with E-state index in [0.717, 1.165) is 50.4 Å². The van der Waals surface area contributed by atoms with Crippen molar-refractivity contribution < 1.29 is 0 Å². The average Bonchev–Trinajstić information content (AvgIpc) is 3.17. The van der Waals surface area contributed by atoms with Gasteiger partial charge in [-0.3, -0.25) is 10.3 Å². The number of nitrogens with zero attached hydrogens (tertiary/aromatic N) is 1. The number of rotatable bonds is 11. The molecule has 238 valence electrons. The van der Waals surface area contributed by atoms with Gasteiger partial charge in [0.05, 0.1) is 0 Å². The second-order valence-electron chi connectivity index (χ2n) is 12.0. The first-order chi connectivity index (χ1) is 24.2. The van der Waals surface area contributed by atoms with Crippen LogP contribution in [0.4, 0.5) is 17.1 Å². The van der Waals surface area contributed by atoms with Crippen LogP contribution >= 0.6 is 0 Å². The highest BCUT2D eigenvalue weighted by Gasteiger charge is 2.11. The summed E-state index contributed by atoms with van der Waals surface area (Å²) < 4.78 is 0. The van der Waals surface area contributed by atoms with Crippen LogP contribution in [0.15, 0.2) is 187 Å². The van der Waals surface area contributed by atoms with Gasteiger partial charge in [-0.15, -0.1) is 0 Å². The fourth-order valence-corrected chi connectivity index (χ4v) is 6.00. The van der Waals surface area contributed by atoms with E-state index >= 15 is 0 Å². The molecule has 7 rings (SSSR count). The van der Waals surface area contributed by atoms with Crippen molar-refractivity contribution in [2.24, 2.45) is 4.99 Å². The molecule has 0 aliphatic heterocycles. The lowest BCUT2D eigenvalue weighted by Gasteiger charge is -2.16. The van der Waals surface area contributed by atoms with Crippen molar-refractivity contribution in [2.75, 3.05) is 11.1 Å². The Morgan fingerprint density at radius 1 is 0.531 bits per heavy atom. The van der Waals surface area contributed by atoms with Crippen LogP contribution in [0.3, 0.4) is 0 Å². The predicted molar refractivity (Wildman–Crippen MR) is 207 cm³/mol. The summed E-state index contributed by atoms with van der Waals surface area (Å²) in [6.07, 6.45) is 1.76. The van der Waals surface area contributed by atoms with Crippen molar-refractivity contribution in [1.82, 2.24) is 5.32 Å². The molecule has 0 unspecified atom stereocenters. The molecular weight excluding hydrogens is 597 g/mol. The molecule has 0 heterocycles. The largest absolute Gasteiger partial charge is 0.398 e. The van der Waals surface area contributed by atoms with Crippen LogP contribution in [0.2, 0.25) is 0 Å². The molecule has 0 fully saturated rings. The first-order valence-electron chi connectivity index (χ1n) is 16.6. The summed E-state index contributed by atoms with van der Waals surface area (Å²) >= 11 is 0. The minimum atomic E-state index is -0.188. The normalized spacial score (nSPS) is 11.8. The lowest BCUT2D eigenvalue weighted by molar-refractivity contribution is 0.556. The Morgan fingerprint density at radius 2 is 1.18 bits per heavy atom. The summed E-state index contributed by atoms with van der Waals surface area (Å²) in [5, 5.41) is 7.30. The van der Waals surface area contributed by atoms with E-state index in [0.29, 0.717) is 6.54 Å². The van der Waals surface area contributed by atoms with Gasteiger partial charge < -0.3 is 11.1 Å². The van der Waals surface area contributed by atoms with Gasteiger partial charge in [-0.2, -0.15) is 0 Å². The molecule has 0 aliphatic rings. The fourth-order valence-electron chi connectivity index (χ4n) is 6.00. The fraction of sp³-hybridized carbons (Fsp3) is 0.0444. The average molecular weight is 635 g/mol. The molecular formula is C45H38N4. The van der Waals surface area contributed by atoms with Crippen LogP contribution in [0.1, 0.15) is 22.9 Å². The van der Waals surface area contributed by atoms with Crippen LogP contribution in [0.5, 0.6) is 0 Å². The molecule has 4 nitrogen and oxygen atoms in total. The highest BCUT2D eigenvalue weighted by atomic mass is 15.1. The molecule has 0 saturated heterocycles. The van der Waals surface area contributed by atoms with E-state index in [2.05, 4.69) is 156 Å². The topological polar surface area (TPSA) is 62.4 Å². The number of hydrogen-bond donors (Lipinski definition) is 3. The molecule has 0 spiro atoms. The van der Waals surface area contributed by atoms with E-state index in [1.165, 1.54) is 16.7 Å². The van der Waals surface area contributed by atoms with Crippen molar-refractivity contribution in [1.29, 1.82) is 0 Å². The second kappa shape index (κ2) is 15.1. The molecule has 0 amide bonds. The van der Waals surface area contributed by atoms with Gasteiger partial charge in [0.25, 0.3) is 0 Å².